The molecular formula is C18H17FN4O2. The summed E-state index contributed by atoms with van der Waals surface area (Å²) in [7, 11) is 0. The second-order valence-electron chi connectivity index (χ2n) is 5.99. The Labute approximate surface area is 143 Å². The Morgan fingerprint density at radius 1 is 1.32 bits per heavy atom. The predicted molar refractivity (Wildman–Crippen MR) is 90.8 cm³/mol. The van der Waals surface area contributed by atoms with Crippen molar-refractivity contribution in [2.75, 3.05) is 18.5 Å². The molecule has 2 aromatic heterocycles. The van der Waals surface area contributed by atoms with Crippen LogP contribution >= 0.6 is 0 Å². The molecule has 6 nitrogen and oxygen atoms in total. The summed E-state index contributed by atoms with van der Waals surface area (Å²) in [5.41, 5.74) is 2.72. The molecule has 1 aromatic carbocycles. The van der Waals surface area contributed by atoms with Crippen LogP contribution in [-0.2, 0) is 4.74 Å². The van der Waals surface area contributed by atoms with Crippen molar-refractivity contribution in [2.45, 2.75) is 12.5 Å². The highest BCUT2D eigenvalue weighted by Gasteiger charge is 2.19. The number of benzene rings is 1. The number of hydrogen-bond donors (Lipinski definition) is 2. The van der Waals surface area contributed by atoms with Crippen molar-refractivity contribution in [2.24, 2.45) is 0 Å². The van der Waals surface area contributed by atoms with Crippen LogP contribution in [0.3, 0.4) is 0 Å². The van der Waals surface area contributed by atoms with Crippen LogP contribution in [0.1, 0.15) is 23.0 Å². The van der Waals surface area contributed by atoms with E-state index in [1.807, 2.05) is 4.68 Å². The molecule has 1 amide bonds. The highest BCUT2D eigenvalue weighted by molar-refractivity contribution is 6.03. The van der Waals surface area contributed by atoms with E-state index in [-0.39, 0.29) is 17.8 Å². The lowest BCUT2D eigenvalue weighted by atomic mass is 10.1. The number of aromatic nitrogens is 3. The number of nitrogens with one attached hydrogen (secondary N) is 2. The molecule has 3 heterocycles. The van der Waals surface area contributed by atoms with Crippen LogP contribution in [0.15, 0.2) is 48.9 Å². The van der Waals surface area contributed by atoms with Gasteiger partial charge in [0.15, 0.2) is 0 Å². The molecular weight excluding hydrogens is 323 g/mol. The first-order valence-electron chi connectivity index (χ1n) is 8.06. The Kier molecular flexibility index (Phi) is 4.07. The molecule has 0 bridgehead atoms. The SMILES string of the molecule is O=C(Nc1cnn(C2CCOC2)c1)c1cc(-c2ccc(F)cc2)c[nH]1. The third-order valence-electron chi connectivity index (χ3n) is 4.24. The fourth-order valence-electron chi connectivity index (χ4n) is 2.87. The maximum absolute atomic E-state index is 13.0. The van der Waals surface area contributed by atoms with Gasteiger partial charge in [0.25, 0.3) is 5.91 Å². The monoisotopic (exact) mass is 340 g/mol. The standard InChI is InChI=1S/C18H17FN4O2/c19-14-3-1-12(2-4-14)13-7-17(20-8-13)18(24)22-15-9-21-23(10-15)16-5-6-25-11-16/h1-4,7-10,16,20H,5-6,11H2,(H,22,24). The molecule has 1 aliphatic rings. The number of anilines is 1. The van der Waals surface area contributed by atoms with Crippen molar-refractivity contribution in [1.29, 1.82) is 0 Å². The van der Waals surface area contributed by atoms with Gasteiger partial charge in [-0.3, -0.25) is 9.48 Å². The highest BCUT2D eigenvalue weighted by atomic mass is 19.1. The van der Waals surface area contributed by atoms with Gasteiger partial charge in [-0.25, -0.2) is 4.39 Å². The van der Waals surface area contributed by atoms with Crippen LogP contribution in [0.4, 0.5) is 10.1 Å². The van der Waals surface area contributed by atoms with E-state index < -0.39 is 0 Å². The van der Waals surface area contributed by atoms with E-state index >= 15 is 0 Å². The zero-order valence-electron chi connectivity index (χ0n) is 13.4. The molecule has 0 radical (unpaired) electrons. The summed E-state index contributed by atoms with van der Waals surface area (Å²) in [6.45, 7) is 1.38. The van der Waals surface area contributed by atoms with Gasteiger partial charge in [0.2, 0.25) is 0 Å². The molecule has 3 aromatic rings. The quantitative estimate of drug-likeness (QED) is 0.766. The van der Waals surface area contributed by atoms with Crippen LogP contribution in [0, 0.1) is 5.82 Å². The van der Waals surface area contributed by atoms with Gasteiger partial charge in [-0.05, 0) is 35.7 Å². The molecule has 1 atom stereocenters. The maximum atomic E-state index is 13.0. The average molecular weight is 340 g/mol. The van der Waals surface area contributed by atoms with Crippen LogP contribution in [0.25, 0.3) is 11.1 Å². The summed E-state index contributed by atoms with van der Waals surface area (Å²) in [6.07, 6.45) is 6.08. The maximum Gasteiger partial charge on any atom is 0.272 e. The van der Waals surface area contributed by atoms with Crippen molar-refractivity contribution >= 4 is 11.6 Å². The Balaban J connectivity index is 1.45. The van der Waals surface area contributed by atoms with E-state index in [0.29, 0.717) is 18.0 Å². The van der Waals surface area contributed by atoms with Crippen molar-refractivity contribution < 1.29 is 13.9 Å². The Morgan fingerprint density at radius 3 is 2.92 bits per heavy atom. The number of amides is 1. The number of hydrogen-bond acceptors (Lipinski definition) is 3. The Bertz CT molecular complexity index is 879. The van der Waals surface area contributed by atoms with Crippen LogP contribution < -0.4 is 5.32 Å². The molecule has 0 saturated carbocycles. The van der Waals surface area contributed by atoms with Crippen LogP contribution in [0.5, 0.6) is 0 Å². The summed E-state index contributed by atoms with van der Waals surface area (Å²) >= 11 is 0. The number of H-pyrrole nitrogens is 1. The fourth-order valence-corrected chi connectivity index (χ4v) is 2.87. The predicted octanol–water partition coefficient (Wildman–Crippen LogP) is 3.23. The van der Waals surface area contributed by atoms with Gasteiger partial charge in [0.1, 0.15) is 11.5 Å². The van der Waals surface area contributed by atoms with E-state index in [4.69, 9.17) is 4.74 Å². The van der Waals surface area contributed by atoms with Crippen LogP contribution in [-0.4, -0.2) is 33.9 Å². The van der Waals surface area contributed by atoms with E-state index in [2.05, 4.69) is 15.4 Å². The largest absolute Gasteiger partial charge is 0.379 e. The summed E-state index contributed by atoms with van der Waals surface area (Å²) in [5.74, 6) is -0.544. The first-order valence-corrected chi connectivity index (χ1v) is 8.06. The van der Waals surface area contributed by atoms with E-state index in [1.54, 1.807) is 36.8 Å². The molecule has 1 saturated heterocycles. The summed E-state index contributed by atoms with van der Waals surface area (Å²) in [5, 5.41) is 7.10. The third kappa shape index (κ3) is 3.32. The smallest absolute Gasteiger partial charge is 0.272 e. The molecule has 4 rings (SSSR count). The molecule has 1 unspecified atom stereocenters. The molecule has 1 fully saturated rings. The normalized spacial score (nSPS) is 16.9. The molecule has 7 heteroatoms. The minimum absolute atomic E-state index is 0.223. The Morgan fingerprint density at radius 2 is 2.16 bits per heavy atom. The molecule has 0 aliphatic carbocycles. The summed E-state index contributed by atoms with van der Waals surface area (Å²) in [6, 6.07) is 8.09. The second kappa shape index (κ2) is 6.52. The number of aromatic amines is 1. The molecule has 128 valence electrons. The molecule has 0 spiro atoms. The number of carbonyl (C=O) groups excluding carboxylic acids is 1. The minimum Gasteiger partial charge on any atom is -0.379 e. The molecule has 1 aliphatic heterocycles. The first-order chi connectivity index (χ1) is 12.2. The van der Waals surface area contributed by atoms with Gasteiger partial charge in [-0.2, -0.15) is 5.10 Å². The number of nitrogens with zero attached hydrogens (tertiary/aromatic N) is 2. The highest BCUT2D eigenvalue weighted by Crippen LogP contribution is 2.22. The number of carbonyl (C=O) groups is 1. The Hall–Kier alpha value is -2.93. The first kappa shape index (κ1) is 15.6. The van der Waals surface area contributed by atoms with E-state index in [1.165, 1.54) is 12.1 Å². The summed E-state index contributed by atoms with van der Waals surface area (Å²) in [4.78, 5) is 15.3. The number of halogens is 1. The average Bonchev–Trinajstić information content (AvgIpc) is 3.36. The number of rotatable bonds is 4. The lowest BCUT2D eigenvalue weighted by Gasteiger charge is -2.06. The third-order valence-corrected chi connectivity index (χ3v) is 4.24. The van der Waals surface area contributed by atoms with Gasteiger partial charge in [-0.15, -0.1) is 0 Å². The zero-order chi connectivity index (χ0) is 17.2. The van der Waals surface area contributed by atoms with E-state index in [0.717, 1.165) is 24.2 Å². The fraction of sp³-hybridized carbons (Fsp3) is 0.222. The minimum atomic E-state index is -0.290. The molecule has 25 heavy (non-hydrogen) atoms. The van der Waals surface area contributed by atoms with Crippen molar-refractivity contribution in [3.05, 3.63) is 60.4 Å². The van der Waals surface area contributed by atoms with Gasteiger partial charge in [0.05, 0.1) is 24.5 Å². The zero-order valence-corrected chi connectivity index (χ0v) is 13.4. The van der Waals surface area contributed by atoms with Crippen LogP contribution in [0.2, 0.25) is 0 Å². The lowest BCUT2D eigenvalue weighted by Crippen LogP contribution is -2.12. The van der Waals surface area contributed by atoms with Gasteiger partial charge in [-0.1, -0.05) is 12.1 Å². The second-order valence-corrected chi connectivity index (χ2v) is 5.99. The number of ether oxygens (including phenoxy) is 1. The topological polar surface area (TPSA) is 71.9 Å². The van der Waals surface area contributed by atoms with Gasteiger partial charge >= 0.3 is 0 Å². The van der Waals surface area contributed by atoms with Crippen molar-refractivity contribution in [3.8, 4) is 11.1 Å². The lowest BCUT2D eigenvalue weighted by molar-refractivity contribution is 0.102. The molecule has 2 N–H and O–H groups in total. The van der Waals surface area contributed by atoms with Crippen molar-refractivity contribution in [3.63, 3.8) is 0 Å². The van der Waals surface area contributed by atoms with Crippen molar-refractivity contribution in [1.82, 2.24) is 14.8 Å². The van der Waals surface area contributed by atoms with E-state index in [9.17, 15) is 9.18 Å². The van der Waals surface area contributed by atoms with Gasteiger partial charge < -0.3 is 15.0 Å². The summed E-state index contributed by atoms with van der Waals surface area (Å²) < 4.78 is 20.2. The van der Waals surface area contributed by atoms with Gasteiger partial charge in [0, 0.05) is 19.0 Å².